The van der Waals surface area contributed by atoms with Crippen molar-refractivity contribution in [2.75, 3.05) is 5.73 Å². The molecule has 30 heavy (non-hydrogen) atoms. The number of anilines is 1. The van der Waals surface area contributed by atoms with Gasteiger partial charge in [-0.25, -0.2) is 14.6 Å². The van der Waals surface area contributed by atoms with Crippen LogP contribution >= 0.6 is 11.3 Å². The average molecular weight is 423 g/mol. The largest absolute Gasteiger partial charge is 0.476 e. The number of nitrogens with two attached hydrogens (primary N) is 1. The van der Waals surface area contributed by atoms with Gasteiger partial charge in [0.05, 0.1) is 0 Å². The predicted molar refractivity (Wildman–Crippen MR) is 112 cm³/mol. The Morgan fingerprint density at radius 2 is 1.63 bits per heavy atom. The molecule has 0 aliphatic heterocycles. The third-order valence-electron chi connectivity index (χ3n) is 3.87. The molecule has 3 rings (SSSR count). The Kier molecular flexibility index (Phi) is 6.56. The van der Waals surface area contributed by atoms with Gasteiger partial charge < -0.3 is 20.4 Å². The molecule has 0 saturated carbocycles. The Hall–Kier alpha value is -3.98. The first-order chi connectivity index (χ1) is 14.5. The fourth-order valence-electron chi connectivity index (χ4n) is 2.49. The van der Waals surface area contributed by atoms with Gasteiger partial charge in [-0.3, -0.25) is 0 Å². The second-order valence-electron chi connectivity index (χ2n) is 5.94. The van der Waals surface area contributed by atoms with Gasteiger partial charge in [0.15, 0.2) is 11.2 Å². The minimum atomic E-state index is -1.40. The fourth-order valence-corrected chi connectivity index (χ4v) is 3.03. The van der Waals surface area contributed by atoms with Gasteiger partial charge >= 0.3 is 11.9 Å². The number of carbonyl (C=O) groups excluding carboxylic acids is 1. The average Bonchev–Trinajstić information content (AvgIpc) is 3.18. The molecule has 2 aromatic carbocycles. The molecule has 0 atom stereocenters. The van der Waals surface area contributed by atoms with Crippen LogP contribution in [0.3, 0.4) is 0 Å². The number of hydrogen-bond acceptors (Lipinski definition) is 8. The Bertz CT molecular complexity index is 1040. The number of oxime groups is 1. The lowest BCUT2D eigenvalue weighted by Gasteiger charge is -2.18. The summed E-state index contributed by atoms with van der Waals surface area (Å²) in [6, 6.07) is 18.3. The van der Waals surface area contributed by atoms with Crippen molar-refractivity contribution in [3.8, 4) is 0 Å². The summed E-state index contributed by atoms with van der Waals surface area (Å²) in [6.07, 6.45) is -0.707. The lowest BCUT2D eigenvalue weighted by Crippen LogP contribution is -2.18. The number of nitrogens with zero attached hydrogens (tertiary/aromatic N) is 2. The summed E-state index contributed by atoms with van der Waals surface area (Å²) >= 11 is 1.05. The van der Waals surface area contributed by atoms with Crippen LogP contribution in [-0.4, -0.2) is 27.7 Å². The van der Waals surface area contributed by atoms with E-state index in [-0.39, 0.29) is 10.8 Å². The van der Waals surface area contributed by atoms with Crippen LogP contribution in [0.5, 0.6) is 0 Å². The Labute approximate surface area is 175 Å². The van der Waals surface area contributed by atoms with Gasteiger partial charge in [0.2, 0.25) is 11.5 Å². The zero-order valence-corrected chi connectivity index (χ0v) is 16.4. The third kappa shape index (κ3) is 5.09. The van der Waals surface area contributed by atoms with E-state index in [2.05, 4.69) is 16.7 Å². The molecule has 0 radical (unpaired) electrons. The van der Waals surface area contributed by atoms with Crippen molar-refractivity contribution < 1.29 is 24.3 Å². The molecule has 0 spiro atoms. The highest BCUT2D eigenvalue weighted by Gasteiger charge is 2.23. The van der Waals surface area contributed by atoms with Crippen LogP contribution in [0.4, 0.5) is 5.13 Å². The summed E-state index contributed by atoms with van der Waals surface area (Å²) in [5.41, 5.74) is 6.51. The second-order valence-corrected chi connectivity index (χ2v) is 6.83. The maximum absolute atomic E-state index is 12.5. The number of aliphatic carboxylic acids is 1. The predicted octanol–water partition coefficient (Wildman–Crippen LogP) is 3.38. The molecule has 152 valence electrons. The monoisotopic (exact) mass is 423 g/mol. The molecule has 0 aliphatic rings. The van der Waals surface area contributed by atoms with Crippen LogP contribution in [0.15, 0.2) is 83.5 Å². The topological polar surface area (TPSA) is 124 Å². The van der Waals surface area contributed by atoms with E-state index in [9.17, 15) is 14.7 Å². The van der Waals surface area contributed by atoms with Gasteiger partial charge in [-0.2, -0.15) is 0 Å². The summed E-state index contributed by atoms with van der Waals surface area (Å²) in [5.74, 6) is -2.76. The standard InChI is InChI=1S/C21H17N3O5S/c1-13(29-24-17(19(25)26)16-12-30-21(22)23-16)20(27)28-18(14-8-4-2-5-9-14)15-10-6-3-7-11-15/h2-12,18H,1H2,(H2,22,23)(H,25,26)/b24-17-. The van der Waals surface area contributed by atoms with Gasteiger partial charge in [-0.1, -0.05) is 65.8 Å². The SMILES string of the molecule is C=C(O/N=C(\C(=O)O)c1csc(N)n1)C(=O)OC(c1ccccc1)c1ccccc1. The van der Waals surface area contributed by atoms with Crippen LogP contribution in [-0.2, 0) is 19.2 Å². The summed E-state index contributed by atoms with van der Waals surface area (Å²) in [7, 11) is 0. The molecule has 0 fully saturated rings. The van der Waals surface area contributed by atoms with Crippen LogP contribution in [0.25, 0.3) is 0 Å². The number of aromatic nitrogens is 1. The zero-order valence-electron chi connectivity index (χ0n) is 15.6. The van der Waals surface area contributed by atoms with E-state index in [0.29, 0.717) is 0 Å². The maximum Gasteiger partial charge on any atom is 0.377 e. The lowest BCUT2D eigenvalue weighted by molar-refractivity contribution is -0.147. The van der Waals surface area contributed by atoms with Crippen molar-refractivity contribution in [2.45, 2.75) is 6.10 Å². The molecular weight excluding hydrogens is 406 g/mol. The summed E-state index contributed by atoms with van der Waals surface area (Å²) in [4.78, 5) is 32.7. The molecule has 3 N–H and O–H groups in total. The van der Waals surface area contributed by atoms with E-state index in [1.54, 1.807) is 0 Å². The Morgan fingerprint density at radius 1 is 1.07 bits per heavy atom. The van der Waals surface area contributed by atoms with Crippen LogP contribution in [0, 0.1) is 0 Å². The molecule has 3 aromatic rings. The van der Waals surface area contributed by atoms with Crippen LogP contribution in [0.2, 0.25) is 0 Å². The first kappa shape index (κ1) is 20.7. The van der Waals surface area contributed by atoms with E-state index < -0.39 is 29.5 Å². The van der Waals surface area contributed by atoms with Crippen molar-refractivity contribution >= 4 is 34.1 Å². The van der Waals surface area contributed by atoms with Gasteiger partial charge in [0, 0.05) is 5.38 Å². The Balaban J connectivity index is 1.77. The summed E-state index contributed by atoms with van der Waals surface area (Å²) in [5, 5.41) is 14.4. The van der Waals surface area contributed by atoms with Gasteiger partial charge in [0.25, 0.3) is 0 Å². The van der Waals surface area contributed by atoms with E-state index in [4.69, 9.17) is 15.3 Å². The summed E-state index contributed by atoms with van der Waals surface area (Å²) in [6.45, 7) is 3.49. The summed E-state index contributed by atoms with van der Waals surface area (Å²) < 4.78 is 5.57. The van der Waals surface area contributed by atoms with Gasteiger partial charge in [0.1, 0.15) is 5.69 Å². The van der Waals surface area contributed by atoms with E-state index in [1.165, 1.54) is 5.38 Å². The smallest absolute Gasteiger partial charge is 0.377 e. The fraction of sp³-hybridized carbons (Fsp3) is 0.0476. The van der Waals surface area contributed by atoms with Crippen molar-refractivity contribution in [1.82, 2.24) is 4.98 Å². The minimum Gasteiger partial charge on any atom is -0.476 e. The maximum atomic E-state index is 12.5. The molecule has 0 bridgehead atoms. The number of rotatable bonds is 8. The number of hydrogen-bond donors (Lipinski definition) is 2. The number of ether oxygens (including phenoxy) is 1. The normalized spacial score (nSPS) is 11.2. The molecule has 8 nitrogen and oxygen atoms in total. The Morgan fingerprint density at radius 3 is 2.10 bits per heavy atom. The number of carboxylic acids is 1. The van der Waals surface area contributed by atoms with Crippen molar-refractivity contribution in [1.29, 1.82) is 0 Å². The second kappa shape index (κ2) is 9.48. The number of carboxylic acid groups (broad SMARTS) is 1. The molecule has 9 heteroatoms. The number of nitrogen functional groups attached to an aromatic ring is 1. The first-order valence-corrected chi connectivity index (χ1v) is 9.53. The van der Waals surface area contributed by atoms with Crippen molar-refractivity contribution in [3.05, 3.63) is 95.2 Å². The van der Waals surface area contributed by atoms with Crippen LogP contribution < -0.4 is 5.73 Å². The molecule has 0 unspecified atom stereocenters. The quantitative estimate of drug-likeness (QED) is 0.187. The number of carbonyl (C=O) groups is 2. The molecule has 1 heterocycles. The first-order valence-electron chi connectivity index (χ1n) is 8.65. The van der Waals surface area contributed by atoms with E-state index in [1.807, 2.05) is 60.7 Å². The molecular formula is C21H17N3O5S. The minimum absolute atomic E-state index is 0.0117. The van der Waals surface area contributed by atoms with Gasteiger partial charge in [-0.05, 0) is 17.7 Å². The number of benzene rings is 2. The van der Waals surface area contributed by atoms with Crippen LogP contribution in [0.1, 0.15) is 22.9 Å². The third-order valence-corrected chi connectivity index (χ3v) is 4.55. The highest BCUT2D eigenvalue weighted by molar-refractivity contribution is 7.13. The molecule has 0 amide bonds. The van der Waals surface area contributed by atoms with E-state index >= 15 is 0 Å². The molecule has 1 aromatic heterocycles. The van der Waals surface area contributed by atoms with Crippen molar-refractivity contribution in [3.63, 3.8) is 0 Å². The van der Waals surface area contributed by atoms with Crippen molar-refractivity contribution in [2.24, 2.45) is 5.16 Å². The van der Waals surface area contributed by atoms with Gasteiger partial charge in [-0.15, -0.1) is 11.3 Å². The van der Waals surface area contributed by atoms with E-state index in [0.717, 1.165) is 22.5 Å². The highest BCUT2D eigenvalue weighted by atomic mass is 32.1. The lowest BCUT2D eigenvalue weighted by atomic mass is 10.0. The molecule has 0 saturated heterocycles. The highest BCUT2D eigenvalue weighted by Crippen LogP contribution is 2.27. The molecule has 0 aliphatic carbocycles. The number of thiazole rings is 1. The number of esters is 1. The zero-order chi connectivity index (χ0) is 21.5.